The Kier molecular flexibility index (Phi) is 4.58. The van der Waals surface area contributed by atoms with Crippen molar-refractivity contribution in [2.24, 2.45) is 0 Å². The minimum atomic E-state index is -0.295. The zero-order valence-electron chi connectivity index (χ0n) is 10.5. The standard InChI is InChI=1S/C14H11BrCl2N2O/c1-7-2-3-9(15)6-12(7)19-14(20)8-4-10(16)13(17)11(18)5-8/h2-6H,18H2,1H3,(H,19,20). The molecule has 0 unspecified atom stereocenters. The molecule has 2 aromatic rings. The summed E-state index contributed by atoms with van der Waals surface area (Å²) in [5.74, 6) is -0.295. The van der Waals surface area contributed by atoms with Crippen LogP contribution in [0.1, 0.15) is 15.9 Å². The highest BCUT2D eigenvalue weighted by molar-refractivity contribution is 9.10. The van der Waals surface area contributed by atoms with E-state index in [0.717, 1.165) is 10.0 Å². The molecule has 0 bridgehead atoms. The van der Waals surface area contributed by atoms with Crippen molar-refractivity contribution in [3.8, 4) is 0 Å². The van der Waals surface area contributed by atoms with Gasteiger partial charge in [0.05, 0.1) is 15.7 Å². The lowest BCUT2D eigenvalue weighted by atomic mass is 10.1. The van der Waals surface area contributed by atoms with E-state index in [4.69, 9.17) is 28.9 Å². The normalized spacial score (nSPS) is 10.4. The fourth-order valence-corrected chi connectivity index (χ4v) is 2.36. The largest absolute Gasteiger partial charge is 0.397 e. The van der Waals surface area contributed by atoms with Crippen LogP contribution in [-0.4, -0.2) is 5.91 Å². The van der Waals surface area contributed by atoms with Crippen LogP contribution < -0.4 is 11.1 Å². The Morgan fingerprint density at radius 1 is 1.25 bits per heavy atom. The number of rotatable bonds is 2. The van der Waals surface area contributed by atoms with Crippen LogP contribution in [0.15, 0.2) is 34.8 Å². The van der Waals surface area contributed by atoms with E-state index in [0.29, 0.717) is 11.3 Å². The van der Waals surface area contributed by atoms with E-state index in [1.165, 1.54) is 12.1 Å². The Hall–Kier alpha value is -1.23. The van der Waals surface area contributed by atoms with E-state index < -0.39 is 0 Å². The molecule has 1 amide bonds. The van der Waals surface area contributed by atoms with Crippen molar-refractivity contribution in [1.82, 2.24) is 0 Å². The zero-order chi connectivity index (χ0) is 14.9. The van der Waals surface area contributed by atoms with Crippen LogP contribution in [0, 0.1) is 6.92 Å². The molecule has 104 valence electrons. The molecule has 0 spiro atoms. The molecule has 6 heteroatoms. The number of nitrogens with one attached hydrogen (secondary N) is 1. The van der Waals surface area contributed by atoms with Gasteiger partial charge in [0.2, 0.25) is 0 Å². The summed E-state index contributed by atoms with van der Waals surface area (Å²) in [6.45, 7) is 1.91. The second kappa shape index (κ2) is 6.04. The number of nitrogen functional groups attached to an aromatic ring is 1. The fourth-order valence-electron chi connectivity index (χ4n) is 1.66. The van der Waals surface area contributed by atoms with Crippen LogP contribution in [0.2, 0.25) is 10.0 Å². The maximum atomic E-state index is 12.2. The molecule has 0 aliphatic heterocycles. The highest BCUT2D eigenvalue weighted by Gasteiger charge is 2.12. The Labute approximate surface area is 135 Å². The molecule has 0 radical (unpaired) electrons. The number of amides is 1. The van der Waals surface area contributed by atoms with Crippen LogP contribution >= 0.6 is 39.1 Å². The van der Waals surface area contributed by atoms with E-state index in [1.807, 2.05) is 25.1 Å². The molecule has 0 aromatic heterocycles. The van der Waals surface area contributed by atoms with Gasteiger partial charge in [0.1, 0.15) is 0 Å². The predicted octanol–water partition coefficient (Wildman–Crippen LogP) is 4.90. The van der Waals surface area contributed by atoms with Gasteiger partial charge >= 0.3 is 0 Å². The smallest absolute Gasteiger partial charge is 0.255 e. The third-order valence-electron chi connectivity index (χ3n) is 2.77. The number of aryl methyl sites for hydroxylation is 1. The number of hydrogen-bond acceptors (Lipinski definition) is 2. The number of carbonyl (C=O) groups excluding carboxylic acids is 1. The van der Waals surface area contributed by atoms with Gasteiger partial charge in [-0.1, -0.05) is 45.2 Å². The van der Waals surface area contributed by atoms with Gasteiger partial charge in [0, 0.05) is 15.7 Å². The first-order valence-corrected chi connectivity index (χ1v) is 7.25. The Morgan fingerprint density at radius 3 is 2.60 bits per heavy atom. The van der Waals surface area contributed by atoms with Crippen molar-refractivity contribution in [3.63, 3.8) is 0 Å². The molecule has 0 atom stereocenters. The van der Waals surface area contributed by atoms with E-state index in [-0.39, 0.29) is 21.6 Å². The van der Waals surface area contributed by atoms with Gasteiger partial charge in [-0.3, -0.25) is 4.79 Å². The van der Waals surface area contributed by atoms with Crippen molar-refractivity contribution >= 4 is 56.4 Å². The molecule has 0 aliphatic rings. The molecule has 2 aromatic carbocycles. The molecule has 20 heavy (non-hydrogen) atoms. The minimum Gasteiger partial charge on any atom is -0.397 e. The number of anilines is 2. The molecular formula is C14H11BrCl2N2O. The summed E-state index contributed by atoms with van der Waals surface area (Å²) < 4.78 is 0.882. The summed E-state index contributed by atoms with van der Waals surface area (Å²) in [5, 5.41) is 3.32. The zero-order valence-corrected chi connectivity index (χ0v) is 13.6. The van der Waals surface area contributed by atoms with Crippen molar-refractivity contribution in [2.45, 2.75) is 6.92 Å². The van der Waals surface area contributed by atoms with Crippen molar-refractivity contribution < 1.29 is 4.79 Å². The van der Waals surface area contributed by atoms with Gasteiger partial charge in [0.15, 0.2) is 0 Å². The highest BCUT2D eigenvalue weighted by atomic mass is 79.9. The van der Waals surface area contributed by atoms with Gasteiger partial charge in [-0.25, -0.2) is 0 Å². The Bertz CT molecular complexity index is 666. The first kappa shape index (κ1) is 15.2. The molecule has 3 N–H and O–H groups in total. The Balaban J connectivity index is 2.31. The average molecular weight is 374 g/mol. The van der Waals surface area contributed by atoms with Crippen LogP contribution in [-0.2, 0) is 0 Å². The first-order chi connectivity index (χ1) is 9.38. The van der Waals surface area contributed by atoms with Crippen molar-refractivity contribution in [1.29, 1.82) is 0 Å². The van der Waals surface area contributed by atoms with Crippen molar-refractivity contribution in [2.75, 3.05) is 11.1 Å². The lowest BCUT2D eigenvalue weighted by Crippen LogP contribution is -2.13. The average Bonchev–Trinajstić information content (AvgIpc) is 2.39. The van der Waals surface area contributed by atoms with E-state index in [2.05, 4.69) is 21.2 Å². The fraction of sp³-hybridized carbons (Fsp3) is 0.0714. The third-order valence-corrected chi connectivity index (χ3v) is 4.08. The quantitative estimate of drug-likeness (QED) is 0.735. The molecule has 0 saturated carbocycles. The van der Waals surface area contributed by atoms with Crippen molar-refractivity contribution in [3.05, 3.63) is 56.0 Å². The first-order valence-electron chi connectivity index (χ1n) is 5.70. The number of benzene rings is 2. The van der Waals surface area contributed by atoms with Gasteiger partial charge in [-0.2, -0.15) is 0 Å². The van der Waals surface area contributed by atoms with E-state index in [9.17, 15) is 4.79 Å². The van der Waals surface area contributed by atoms with Crippen LogP contribution in [0.25, 0.3) is 0 Å². The molecular weight excluding hydrogens is 363 g/mol. The summed E-state index contributed by atoms with van der Waals surface area (Å²) in [4.78, 5) is 12.2. The SMILES string of the molecule is Cc1ccc(Br)cc1NC(=O)c1cc(N)c(Cl)c(Cl)c1. The molecule has 0 heterocycles. The second-order valence-corrected chi connectivity index (χ2v) is 5.98. The predicted molar refractivity (Wildman–Crippen MR) is 87.7 cm³/mol. The van der Waals surface area contributed by atoms with Gasteiger partial charge in [0.25, 0.3) is 5.91 Å². The molecule has 3 nitrogen and oxygen atoms in total. The summed E-state index contributed by atoms with van der Waals surface area (Å²) in [7, 11) is 0. The maximum absolute atomic E-state index is 12.2. The molecule has 0 fully saturated rings. The topological polar surface area (TPSA) is 55.1 Å². The number of halogens is 3. The summed E-state index contributed by atoms with van der Waals surface area (Å²) in [6.07, 6.45) is 0. The molecule has 0 saturated heterocycles. The molecule has 0 aliphatic carbocycles. The third kappa shape index (κ3) is 3.26. The lowest BCUT2D eigenvalue weighted by Gasteiger charge is -2.10. The van der Waals surface area contributed by atoms with Crippen LogP contribution in [0.4, 0.5) is 11.4 Å². The van der Waals surface area contributed by atoms with Gasteiger partial charge in [-0.15, -0.1) is 0 Å². The van der Waals surface area contributed by atoms with Gasteiger partial charge in [-0.05, 0) is 36.8 Å². The number of nitrogens with two attached hydrogens (primary N) is 1. The van der Waals surface area contributed by atoms with Crippen LogP contribution in [0.3, 0.4) is 0 Å². The van der Waals surface area contributed by atoms with E-state index in [1.54, 1.807) is 0 Å². The van der Waals surface area contributed by atoms with E-state index >= 15 is 0 Å². The summed E-state index contributed by atoms with van der Waals surface area (Å²) >= 11 is 15.2. The number of carbonyl (C=O) groups is 1. The number of hydrogen-bond donors (Lipinski definition) is 2. The Morgan fingerprint density at radius 2 is 1.95 bits per heavy atom. The highest BCUT2D eigenvalue weighted by Crippen LogP contribution is 2.30. The minimum absolute atomic E-state index is 0.252. The summed E-state index contributed by atoms with van der Waals surface area (Å²) in [6, 6.07) is 8.62. The second-order valence-electron chi connectivity index (χ2n) is 4.27. The monoisotopic (exact) mass is 372 g/mol. The molecule has 2 rings (SSSR count). The lowest BCUT2D eigenvalue weighted by molar-refractivity contribution is 0.102. The van der Waals surface area contributed by atoms with Crippen LogP contribution in [0.5, 0.6) is 0 Å². The van der Waals surface area contributed by atoms with Gasteiger partial charge < -0.3 is 11.1 Å². The summed E-state index contributed by atoms with van der Waals surface area (Å²) in [5.41, 5.74) is 8.00. The maximum Gasteiger partial charge on any atom is 0.255 e.